The first-order valence-corrected chi connectivity index (χ1v) is 12.6. The van der Waals surface area contributed by atoms with Gasteiger partial charge in [-0.05, 0) is 29.8 Å². The fourth-order valence-electron chi connectivity index (χ4n) is 3.91. The molecular formula is C21H21Cl2FN4O4S. The number of nitrogens with one attached hydrogen (secondary N) is 1. The van der Waals surface area contributed by atoms with Crippen LogP contribution >= 0.6 is 23.2 Å². The molecule has 1 aromatic heterocycles. The molecule has 4 rings (SSSR count). The van der Waals surface area contributed by atoms with Crippen LogP contribution in [0.15, 0.2) is 38.8 Å². The predicted molar refractivity (Wildman–Crippen MR) is 125 cm³/mol. The lowest BCUT2D eigenvalue weighted by molar-refractivity contribution is 0.141. The van der Waals surface area contributed by atoms with Crippen LogP contribution in [0.25, 0.3) is 10.9 Å². The summed E-state index contributed by atoms with van der Waals surface area (Å²) in [5.41, 5.74) is 4.51. The van der Waals surface area contributed by atoms with Crippen LogP contribution < -0.4 is 17.0 Å². The summed E-state index contributed by atoms with van der Waals surface area (Å²) in [6, 6.07) is 5.19. The van der Waals surface area contributed by atoms with Gasteiger partial charge >= 0.3 is 5.69 Å². The standard InChI is InChI=1S/C21H21Cl2FN4O4S/c1-2-33(31,32)17-4-3-12(22)5-11(17)7-28-20(29)14-6-16(24)15(10-27-8-13(25)9-27)18(23)19(14)26-21(28)30/h3-6,13H,2,7-10,25H2,1H3,(H,26,30). The highest BCUT2D eigenvalue weighted by Crippen LogP contribution is 2.29. The molecule has 1 aliphatic heterocycles. The van der Waals surface area contributed by atoms with Gasteiger partial charge in [-0.15, -0.1) is 0 Å². The second kappa shape index (κ2) is 8.84. The number of nitrogens with two attached hydrogens (primary N) is 1. The van der Waals surface area contributed by atoms with Crippen molar-refractivity contribution in [2.45, 2.75) is 31.0 Å². The van der Waals surface area contributed by atoms with E-state index in [0.29, 0.717) is 13.1 Å². The highest BCUT2D eigenvalue weighted by Gasteiger charge is 2.26. The van der Waals surface area contributed by atoms with Gasteiger partial charge in [0.1, 0.15) is 5.82 Å². The number of benzene rings is 2. The molecule has 3 aromatic rings. The summed E-state index contributed by atoms with van der Waals surface area (Å²) in [6.45, 7) is 2.49. The third kappa shape index (κ3) is 4.45. The summed E-state index contributed by atoms with van der Waals surface area (Å²) in [6.07, 6.45) is 0. The van der Waals surface area contributed by atoms with E-state index in [1.165, 1.54) is 25.1 Å². The SMILES string of the molecule is CCS(=O)(=O)c1ccc(Cl)cc1Cn1c(=O)[nH]c2c(Cl)c(CN3CC(N)C3)c(F)cc2c1=O. The maximum absolute atomic E-state index is 14.9. The predicted octanol–water partition coefficient (Wildman–Crippen LogP) is 2.12. The smallest absolute Gasteiger partial charge is 0.325 e. The fraction of sp³-hybridized carbons (Fsp3) is 0.333. The van der Waals surface area contributed by atoms with Crippen LogP contribution in [0.4, 0.5) is 4.39 Å². The lowest BCUT2D eigenvalue weighted by atomic mass is 10.1. The number of aromatic nitrogens is 2. The Morgan fingerprint density at radius 3 is 2.52 bits per heavy atom. The van der Waals surface area contributed by atoms with Gasteiger partial charge < -0.3 is 10.7 Å². The van der Waals surface area contributed by atoms with Gasteiger partial charge in [0.25, 0.3) is 5.56 Å². The van der Waals surface area contributed by atoms with Gasteiger partial charge in [-0.25, -0.2) is 17.6 Å². The number of fused-ring (bicyclic) bond motifs is 1. The van der Waals surface area contributed by atoms with Crippen molar-refractivity contribution in [3.8, 4) is 0 Å². The van der Waals surface area contributed by atoms with Gasteiger partial charge in [0, 0.05) is 36.3 Å². The molecule has 2 heterocycles. The summed E-state index contributed by atoms with van der Waals surface area (Å²) in [5, 5.41) is 0.0710. The van der Waals surface area contributed by atoms with Crippen LogP contribution in [-0.4, -0.2) is 47.8 Å². The Hall–Kier alpha value is -2.24. The zero-order valence-electron chi connectivity index (χ0n) is 17.6. The summed E-state index contributed by atoms with van der Waals surface area (Å²) < 4.78 is 40.6. The average Bonchev–Trinajstić information content (AvgIpc) is 2.73. The summed E-state index contributed by atoms with van der Waals surface area (Å²) in [4.78, 5) is 30.3. The highest BCUT2D eigenvalue weighted by molar-refractivity contribution is 7.91. The number of sulfone groups is 1. The van der Waals surface area contributed by atoms with E-state index in [2.05, 4.69) is 4.98 Å². The van der Waals surface area contributed by atoms with E-state index in [9.17, 15) is 22.4 Å². The molecule has 0 atom stereocenters. The van der Waals surface area contributed by atoms with Crippen molar-refractivity contribution < 1.29 is 12.8 Å². The Kier molecular flexibility index (Phi) is 6.41. The maximum atomic E-state index is 14.9. The molecular weight excluding hydrogens is 494 g/mol. The molecule has 2 aromatic carbocycles. The zero-order valence-corrected chi connectivity index (χ0v) is 19.9. The Bertz CT molecular complexity index is 1480. The van der Waals surface area contributed by atoms with Crippen LogP contribution in [0.3, 0.4) is 0 Å². The van der Waals surface area contributed by atoms with E-state index in [1.807, 2.05) is 4.90 Å². The van der Waals surface area contributed by atoms with Gasteiger partial charge in [0.2, 0.25) is 0 Å². The minimum atomic E-state index is -3.65. The van der Waals surface area contributed by atoms with Crippen molar-refractivity contribution >= 4 is 43.9 Å². The lowest BCUT2D eigenvalue weighted by Crippen LogP contribution is -2.55. The number of halogens is 3. The second-order valence-corrected chi connectivity index (χ2v) is 11.1. The monoisotopic (exact) mass is 514 g/mol. The molecule has 176 valence electrons. The van der Waals surface area contributed by atoms with Crippen molar-refractivity contribution in [2.75, 3.05) is 18.8 Å². The first-order chi connectivity index (χ1) is 15.5. The van der Waals surface area contributed by atoms with E-state index in [0.717, 1.165) is 10.6 Å². The molecule has 0 radical (unpaired) electrons. The number of rotatable bonds is 6. The Morgan fingerprint density at radius 1 is 1.18 bits per heavy atom. The van der Waals surface area contributed by atoms with Gasteiger partial charge in [0.15, 0.2) is 9.84 Å². The molecule has 0 aliphatic carbocycles. The molecule has 1 fully saturated rings. The minimum absolute atomic E-state index is 0.0206. The topological polar surface area (TPSA) is 118 Å². The van der Waals surface area contributed by atoms with Gasteiger partial charge in [-0.2, -0.15) is 0 Å². The van der Waals surface area contributed by atoms with E-state index in [4.69, 9.17) is 28.9 Å². The molecule has 0 unspecified atom stereocenters. The van der Waals surface area contributed by atoms with Crippen molar-refractivity contribution in [3.05, 3.63) is 72.1 Å². The fourth-order valence-corrected chi connectivity index (χ4v) is 5.52. The molecule has 8 nitrogen and oxygen atoms in total. The molecule has 0 bridgehead atoms. The van der Waals surface area contributed by atoms with E-state index < -0.39 is 26.9 Å². The maximum Gasteiger partial charge on any atom is 0.329 e. The molecule has 33 heavy (non-hydrogen) atoms. The Balaban J connectivity index is 1.83. The van der Waals surface area contributed by atoms with Crippen LogP contribution in [-0.2, 0) is 22.9 Å². The van der Waals surface area contributed by atoms with Crippen LogP contribution in [0.5, 0.6) is 0 Å². The van der Waals surface area contributed by atoms with Gasteiger partial charge in [-0.3, -0.25) is 14.3 Å². The minimum Gasteiger partial charge on any atom is -0.325 e. The molecule has 0 spiro atoms. The molecule has 0 saturated carbocycles. The Labute approximate surface area is 198 Å². The lowest BCUT2D eigenvalue weighted by Gasteiger charge is -2.37. The van der Waals surface area contributed by atoms with Crippen LogP contribution in [0, 0.1) is 5.82 Å². The number of aromatic amines is 1. The number of hydrogen-bond acceptors (Lipinski definition) is 6. The molecule has 3 N–H and O–H groups in total. The van der Waals surface area contributed by atoms with Crippen LogP contribution in [0.2, 0.25) is 10.0 Å². The quantitative estimate of drug-likeness (QED) is 0.520. The molecule has 12 heteroatoms. The van der Waals surface area contributed by atoms with Crippen molar-refractivity contribution in [1.82, 2.24) is 14.5 Å². The molecule has 1 saturated heterocycles. The zero-order chi connectivity index (χ0) is 24.1. The number of nitrogens with zero attached hydrogens (tertiary/aromatic N) is 2. The normalized spacial score (nSPS) is 15.2. The van der Waals surface area contributed by atoms with Crippen LogP contribution in [0.1, 0.15) is 18.1 Å². The Morgan fingerprint density at radius 2 is 1.88 bits per heavy atom. The third-order valence-electron chi connectivity index (χ3n) is 5.70. The highest BCUT2D eigenvalue weighted by atomic mass is 35.5. The van der Waals surface area contributed by atoms with Crippen molar-refractivity contribution in [2.24, 2.45) is 5.73 Å². The number of H-pyrrole nitrogens is 1. The van der Waals surface area contributed by atoms with Gasteiger partial charge in [-0.1, -0.05) is 30.1 Å². The van der Waals surface area contributed by atoms with E-state index in [-0.39, 0.29) is 61.9 Å². The molecule has 0 amide bonds. The van der Waals surface area contributed by atoms with Gasteiger partial charge in [0.05, 0.1) is 33.1 Å². The number of hydrogen-bond donors (Lipinski definition) is 2. The van der Waals surface area contributed by atoms with Crippen molar-refractivity contribution in [3.63, 3.8) is 0 Å². The summed E-state index contributed by atoms with van der Waals surface area (Å²) >= 11 is 12.4. The van der Waals surface area contributed by atoms with Crippen molar-refractivity contribution in [1.29, 1.82) is 0 Å². The number of likely N-dealkylation sites (tertiary alicyclic amines) is 1. The second-order valence-electron chi connectivity index (χ2n) is 8.00. The summed E-state index contributed by atoms with van der Waals surface area (Å²) in [7, 11) is -3.65. The summed E-state index contributed by atoms with van der Waals surface area (Å²) in [5.74, 6) is -0.850. The van der Waals surface area contributed by atoms with E-state index in [1.54, 1.807) is 0 Å². The third-order valence-corrected chi connectivity index (χ3v) is 8.18. The van der Waals surface area contributed by atoms with E-state index >= 15 is 0 Å². The average molecular weight is 515 g/mol. The largest absolute Gasteiger partial charge is 0.329 e. The first kappa shape index (κ1) is 23.9. The molecule has 1 aliphatic rings. The first-order valence-electron chi connectivity index (χ1n) is 10.1.